The maximum absolute atomic E-state index is 3.37. The summed E-state index contributed by atoms with van der Waals surface area (Å²) in [6.07, 6.45) is 9.75. The minimum atomic E-state index is 1.04. The first kappa shape index (κ1) is 16.4. The van der Waals surface area contributed by atoms with E-state index >= 15 is 0 Å². The number of nitrogens with zero attached hydrogens (tertiary/aromatic N) is 1. The first-order valence-corrected chi connectivity index (χ1v) is 8.91. The maximum Gasteiger partial charge on any atom is 0.0366 e. The van der Waals surface area contributed by atoms with Crippen molar-refractivity contribution in [1.82, 2.24) is 5.32 Å². The number of benzene rings is 1. The molecule has 1 aromatic carbocycles. The van der Waals surface area contributed by atoms with E-state index in [0.717, 1.165) is 5.92 Å². The molecular formula is C19H32N2. The Balaban J connectivity index is 0.000000161. The molecule has 0 spiro atoms. The smallest absolute Gasteiger partial charge is 0.0366 e. The van der Waals surface area contributed by atoms with Gasteiger partial charge in [-0.3, -0.25) is 0 Å². The lowest BCUT2D eigenvalue weighted by Gasteiger charge is -2.28. The number of rotatable bonds is 3. The molecule has 2 aliphatic rings. The molecule has 0 aromatic heterocycles. The summed E-state index contributed by atoms with van der Waals surface area (Å²) in [7, 11) is 0. The molecule has 118 valence electrons. The van der Waals surface area contributed by atoms with Gasteiger partial charge in [0.15, 0.2) is 0 Å². The molecule has 3 rings (SSSR count). The average Bonchev–Trinajstić information content (AvgIpc) is 2.58. The molecule has 2 heteroatoms. The second kappa shape index (κ2) is 9.83. The normalized spacial score (nSPS) is 19.8. The van der Waals surface area contributed by atoms with Crippen molar-refractivity contribution in [3.63, 3.8) is 0 Å². The predicted octanol–water partition coefficient (Wildman–Crippen LogP) is 4.46. The molecule has 0 bridgehead atoms. The van der Waals surface area contributed by atoms with E-state index in [4.69, 9.17) is 0 Å². The van der Waals surface area contributed by atoms with Gasteiger partial charge >= 0.3 is 0 Å². The first-order chi connectivity index (χ1) is 10.4. The van der Waals surface area contributed by atoms with Gasteiger partial charge in [-0.1, -0.05) is 38.0 Å². The highest BCUT2D eigenvalue weighted by atomic mass is 15.1. The van der Waals surface area contributed by atoms with Crippen LogP contribution in [0.5, 0.6) is 0 Å². The fourth-order valence-electron chi connectivity index (χ4n) is 3.37. The quantitative estimate of drug-likeness (QED) is 0.883. The molecular weight excluding hydrogens is 256 g/mol. The van der Waals surface area contributed by atoms with Crippen molar-refractivity contribution in [1.29, 1.82) is 0 Å². The van der Waals surface area contributed by atoms with Gasteiger partial charge in [0.25, 0.3) is 0 Å². The van der Waals surface area contributed by atoms with Crippen LogP contribution in [0.1, 0.15) is 51.9 Å². The van der Waals surface area contributed by atoms with Crippen LogP contribution in [-0.2, 0) is 0 Å². The van der Waals surface area contributed by atoms with Crippen molar-refractivity contribution >= 4 is 5.69 Å². The molecule has 0 atom stereocenters. The van der Waals surface area contributed by atoms with Crippen LogP contribution in [0.4, 0.5) is 5.69 Å². The molecule has 1 N–H and O–H groups in total. The Labute approximate surface area is 130 Å². The van der Waals surface area contributed by atoms with Crippen molar-refractivity contribution in [2.24, 2.45) is 5.92 Å². The van der Waals surface area contributed by atoms with E-state index in [-0.39, 0.29) is 0 Å². The Morgan fingerprint density at radius 3 is 2.29 bits per heavy atom. The van der Waals surface area contributed by atoms with Gasteiger partial charge in [0.05, 0.1) is 0 Å². The molecule has 0 amide bonds. The fraction of sp³-hybridized carbons (Fsp3) is 0.684. The molecule has 21 heavy (non-hydrogen) atoms. The standard InChI is InChI=1S/C11H15N.C8H17N/c1-3-7-11(8-4-1)12-9-5-2-6-10-12;1-2-3-8-4-6-9-7-5-8/h1,3-4,7-8H,2,5-6,9-10H2;8-9H,2-7H2,1H3. The van der Waals surface area contributed by atoms with Gasteiger partial charge in [0.2, 0.25) is 0 Å². The van der Waals surface area contributed by atoms with Crippen molar-refractivity contribution in [2.75, 3.05) is 31.1 Å². The number of para-hydroxylation sites is 1. The largest absolute Gasteiger partial charge is 0.372 e. The van der Waals surface area contributed by atoms with Crippen LogP contribution >= 0.6 is 0 Å². The zero-order valence-corrected chi connectivity index (χ0v) is 13.7. The third-order valence-corrected chi connectivity index (χ3v) is 4.63. The molecule has 2 fully saturated rings. The van der Waals surface area contributed by atoms with E-state index in [9.17, 15) is 0 Å². The molecule has 2 nitrogen and oxygen atoms in total. The van der Waals surface area contributed by atoms with E-state index in [1.54, 1.807) is 0 Å². The molecule has 0 unspecified atom stereocenters. The number of hydrogen-bond acceptors (Lipinski definition) is 2. The van der Waals surface area contributed by atoms with Crippen LogP contribution in [0.2, 0.25) is 0 Å². The van der Waals surface area contributed by atoms with Gasteiger partial charge in [0.1, 0.15) is 0 Å². The first-order valence-electron chi connectivity index (χ1n) is 8.91. The Bertz CT molecular complexity index is 348. The lowest BCUT2D eigenvalue weighted by molar-refractivity contribution is 0.351. The number of hydrogen-bond donors (Lipinski definition) is 1. The summed E-state index contributed by atoms with van der Waals surface area (Å²) in [5, 5.41) is 3.37. The highest BCUT2D eigenvalue weighted by molar-refractivity contribution is 5.46. The van der Waals surface area contributed by atoms with Gasteiger partial charge in [0, 0.05) is 18.8 Å². The lowest BCUT2D eigenvalue weighted by atomic mass is 9.94. The molecule has 0 radical (unpaired) electrons. The van der Waals surface area contributed by atoms with Gasteiger partial charge in [-0.05, 0) is 63.2 Å². The van der Waals surface area contributed by atoms with Crippen LogP contribution in [0.3, 0.4) is 0 Å². The van der Waals surface area contributed by atoms with Crippen LogP contribution in [0.25, 0.3) is 0 Å². The van der Waals surface area contributed by atoms with Gasteiger partial charge in [-0.15, -0.1) is 0 Å². The van der Waals surface area contributed by atoms with Crippen LogP contribution in [0, 0.1) is 5.92 Å². The summed E-state index contributed by atoms with van der Waals surface area (Å²) in [6, 6.07) is 10.7. The topological polar surface area (TPSA) is 15.3 Å². The Kier molecular flexibility index (Phi) is 7.66. The molecule has 0 aliphatic carbocycles. The average molecular weight is 288 g/mol. The van der Waals surface area contributed by atoms with Gasteiger partial charge < -0.3 is 10.2 Å². The molecule has 0 saturated carbocycles. The van der Waals surface area contributed by atoms with Gasteiger partial charge in [-0.25, -0.2) is 0 Å². The summed E-state index contributed by atoms with van der Waals surface area (Å²) >= 11 is 0. The minimum absolute atomic E-state index is 1.04. The second-order valence-corrected chi connectivity index (χ2v) is 6.37. The molecule has 2 saturated heterocycles. The van der Waals surface area contributed by atoms with E-state index < -0.39 is 0 Å². The third-order valence-electron chi connectivity index (χ3n) is 4.63. The number of anilines is 1. The predicted molar refractivity (Wildman–Crippen MR) is 93.0 cm³/mol. The summed E-state index contributed by atoms with van der Waals surface area (Å²) in [5.41, 5.74) is 1.39. The van der Waals surface area contributed by atoms with Crippen molar-refractivity contribution < 1.29 is 0 Å². The fourth-order valence-corrected chi connectivity index (χ4v) is 3.37. The maximum atomic E-state index is 3.37. The summed E-state index contributed by atoms with van der Waals surface area (Å²) in [5.74, 6) is 1.04. The lowest BCUT2D eigenvalue weighted by Crippen LogP contribution is -2.29. The third kappa shape index (κ3) is 6.09. The minimum Gasteiger partial charge on any atom is -0.372 e. The Morgan fingerprint density at radius 1 is 1.00 bits per heavy atom. The molecule has 1 aromatic rings. The van der Waals surface area contributed by atoms with E-state index in [1.807, 2.05) is 0 Å². The van der Waals surface area contributed by atoms with E-state index in [2.05, 4.69) is 47.5 Å². The number of nitrogens with one attached hydrogen (secondary N) is 1. The highest BCUT2D eigenvalue weighted by Crippen LogP contribution is 2.18. The van der Waals surface area contributed by atoms with Crippen molar-refractivity contribution in [3.8, 4) is 0 Å². The van der Waals surface area contributed by atoms with Crippen LogP contribution < -0.4 is 10.2 Å². The monoisotopic (exact) mass is 288 g/mol. The van der Waals surface area contributed by atoms with Crippen molar-refractivity contribution in [2.45, 2.75) is 51.9 Å². The SMILES string of the molecule is CCCC1CCNCC1.c1ccc(N2CCCCC2)cc1. The number of piperidine rings is 2. The zero-order valence-electron chi connectivity index (χ0n) is 13.7. The van der Waals surface area contributed by atoms with Crippen molar-refractivity contribution in [3.05, 3.63) is 30.3 Å². The second-order valence-electron chi connectivity index (χ2n) is 6.37. The summed E-state index contributed by atoms with van der Waals surface area (Å²) in [4.78, 5) is 2.48. The summed E-state index contributed by atoms with van der Waals surface area (Å²) < 4.78 is 0. The van der Waals surface area contributed by atoms with Crippen LogP contribution in [-0.4, -0.2) is 26.2 Å². The molecule has 2 heterocycles. The Hall–Kier alpha value is -1.02. The zero-order chi connectivity index (χ0) is 14.8. The highest BCUT2D eigenvalue weighted by Gasteiger charge is 2.10. The van der Waals surface area contributed by atoms with E-state index in [0.29, 0.717) is 0 Å². The Morgan fingerprint density at radius 2 is 1.67 bits per heavy atom. The summed E-state index contributed by atoms with van der Waals surface area (Å²) in [6.45, 7) is 7.27. The van der Waals surface area contributed by atoms with Gasteiger partial charge in [-0.2, -0.15) is 0 Å². The molecule has 2 aliphatic heterocycles. The van der Waals surface area contributed by atoms with Crippen LogP contribution in [0.15, 0.2) is 30.3 Å². The van der Waals surface area contributed by atoms with E-state index in [1.165, 1.54) is 76.8 Å².